The van der Waals surface area contributed by atoms with Crippen LogP contribution in [0.15, 0.2) is 48.5 Å². The zero-order chi connectivity index (χ0) is 20.9. The fourth-order valence-corrected chi connectivity index (χ4v) is 3.91. The number of alkyl halides is 3. The smallest absolute Gasteiger partial charge is 0.419 e. The van der Waals surface area contributed by atoms with Gasteiger partial charge in [0.2, 0.25) is 0 Å². The zero-order valence-electron chi connectivity index (χ0n) is 16.1. The minimum absolute atomic E-state index is 0.110. The third kappa shape index (κ3) is 5.87. The number of aliphatic hydroxyl groups is 1. The predicted molar refractivity (Wildman–Crippen MR) is 107 cm³/mol. The van der Waals surface area contributed by atoms with E-state index in [-0.39, 0.29) is 24.4 Å². The van der Waals surface area contributed by atoms with Crippen LogP contribution in [0.3, 0.4) is 0 Å². The van der Waals surface area contributed by atoms with Crippen molar-refractivity contribution >= 4 is 11.6 Å². The molecule has 158 valence electrons. The van der Waals surface area contributed by atoms with Crippen molar-refractivity contribution in [2.45, 2.75) is 25.4 Å². The summed E-state index contributed by atoms with van der Waals surface area (Å²) in [7, 11) is 0. The summed E-state index contributed by atoms with van der Waals surface area (Å²) in [6.45, 7) is 2.40. The molecule has 2 aromatic carbocycles. The highest BCUT2D eigenvalue weighted by atomic mass is 35.5. The fraction of sp³-hybridized carbons (Fsp3) is 0.455. The summed E-state index contributed by atoms with van der Waals surface area (Å²) in [5, 5.41) is 10.7. The van der Waals surface area contributed by atoms with E-state index in [1.807, 2.05) is 24.3 Å². The Morgan fingerprint density at radius 3 is 2.31 bits per heavy atom. The number of nitrogens with zero attached hydrogens (tertiary/aromatic N) is 1. The Morgan fingerprint density at radius 2 is 1.69 bits per heavy atom. The van der Waals surface area contributed by atoms with Crippen molar-refractivity contribution in [2.24, 2.45) is 5.41 Å². The second kappa shape index (κ2) is 9.37. The van der Waals surface area contributed by atoms with Crippen LogP contribution >= 0.6 is 11.6 Å². The third-order valence-corrected chi connectivity index (χ3v) is 5.85. The van der Waals surface area contributed by atoms with Crippen LogP contribution in [-0.2, 0) is 12.6 Å². The van der Waals surface area contributed by atoms with Crippen LogP contribution in [0.25, 0.3) is 0 Å². The average Bonchev–Trinajstić information content (AvgIpc) is 2.71. The quantitative estimate of drug-likeness (QED) is 0.670. The molecule has 3 rings (SSSR count). The van der Waals surface area contributed by atoms with E-state index in [1.54, 1.807) is 0 Å². The van der Waals surface area contributed by atoms with Crippen molar-refractivity contribution < 1.29 is 23.0 Å². The average molecular weight is 428 g/mol. The molecular weight excluding hydrogens is 403 g/mol. The topological polar surface area (TPSA) is 32.7 Å². The van der Waals surface area contributed by atoms with Gasteiger partial charge in [-0.05, 0) is 67.6 Å². The molecule has 1 saturated heterocycles. The van der Waals surface area contributed by atoms with Gasteiger partial charge in [0, 0.05) is 18.2 Å². The summed E-state index contributed by atoms with van der Waals surface area (Å²) in [6.07, 6.45) is -2.00. The van der Waals surface area contributed by atoms with Gasteiger partial charge in [0.25, 0.3) is 0 Å². The second-order valence-electron chi connectivity index (χ2n) is 7.65. The lowest BCUT2D eigenvalue weighted by Gasteiger charge is -2.41. The van der Waals surface area contributed by atoms with E-state index >= 15 is 0 Å². The van der Waals surface area contributed by atoms with Crippen molar-refractivity contribution in [1.82, 2.24) is 4.90 Å². The Hall–Kier alpha value is -1.76. The van der Waals surface area contributed by atoms with Crippen LogP contribution in [0.4, 0.5) is 13.2 Å². The van der Waals surface area contributed by atoms with Gasteiger partial charge in [0.05, 0.1) is 5.56 Å². The molecule has 1 heterocycles. The molecule has 0 unspecified atom stereocenters. The zero-order valence-corrected chi connectivity index (χ0v) is 16.8. The Labute approximate surface area is 174 Å². The maximum absolute atomic E-state index is 13.0. The number of likely N-dealkylation sites (tertiary alicyclic amines) is 1. The number of rotatable bonds is 7. The lowest BCUT2D eigenvalue weighted by atomic mass is 9.74. The second-order valence-corrected chi connectivity index (χ2v) is 8.08. The molecule has 1 aliphatic heterocycles. The van der Waals surface area contributed by atoms with Crippen molar-refractivity contribution in [3.63, 3.8) is 0 Å². The molecule has 2 aromatic rings. The number of ether oxygens (including phenoxy) is 1. The molecule has 0 amide bonds. The molecule has 29 heavy (non-hydrogen) atoms. The normalized spacial score (nSPS) is 17.3. The molecule has 0 aromatic heterocycles. The highest BCUT2D eigenvalue weighted by molar-refractivity contribution is 6.30. The van der Waals surface area contributed by atoms with E-state index < -0.39 is 11.7 Å². The van der Waals surface area contributed by atoms with Crippen molar-refractivity contribution in [3.05, 3.63) is 64.7 Å². The molecule has 1 N–H and O–H groups in total. The van der Waals surface area contributed by atoms with Crippen molar-refractivity contribution in [2.75, 3.05) is 32.8 Å². The molecule has 3 nitrogen and oxygen atoms in total. The van der Waals surface area contributed by atoms with Gasteiger partial charge in [-0.3, -0.25) is 4.90 Å². The first-order valence-corrected chi connectivity index (χ1v) is 10.1. The molecule has 1 aliphatic rings. The van der Waals surface area contributed by atoms with Gasteiger partial charge in [-0.25, -0.2) is 0 Å². The third-order valence-electron chi connectivity index (χ3n) is 5.60. The van der Waals surface area contributed by atoms with Gasteiger partial charge in [-0.2, -0.15) is 13.2 Å². The standard InChI is InChI=1S/C22H25ClF3NO2/c23-18-7-5-17(6-8-18)15-21(16-28)9-11-27(12-10-21)13-14-29-20-4-2-1-3-19(20)22(24,25)26/h1-8,28H,9-16H2. The van der Waals surface area contributed by atoms with Crippen LogP contribution in [0.5, 0.6) is 5.75 Å². The van der Waals surface area contributed by atoms with Gasteiger partial charge in [0.1, 0.15) is 12.4 Å². The number of aliphatic hydroxyl groups excluding tert-OH is 1. The minimum atomic E-state index is -4.43. The van der Waals surface area contributed by atoms with E-state index in [0.29, 0.717) is 11.6 Å². The minimum Gasteiger partial charge on any atom is -0.492 e. The van der Waals surface area contributed by atoms with Crippen LogP contribution in [0.1, 0.15) is 24.0 Å². The van der Waals surface area contributed by atoms with E-state index in [4.69, 9.17) is 16.3 Å². The highest BCUT2D eigenvalue weighted by Gasteiger charge is 2.35. The van der Waals surface area contributed by atoms with E-state index in [0.717, 1.165) is 44.0 Å². The molecule has 0 spiro atoms. The van der Waals surface area contributed by atoms with Crippen LogP contribution < -0.4 is 4.74 Å². The molecule has 7 heteroatoms. The number of halogens is 4. The highest BCUT2D eigenvalue weighted by Crippen LogP contribution is 2.37. The molecule has 0 saturated carbocycles. The maximum Gasteiger partial charge on any atom is 0.419 e. The Morgan fingerprint density at radius 1 is 1.03 bits per heavy atom. The number of para-hydroxylation sites is 1. The van der Waals surface area contributed by atoms with Crippen LogP contribution in [-0.4, -0.2) is 42.9 Å². The van der Waals surface area contributed by atoms with E-state index in [2.05, 4.69) is 4.90 Å². The largest absolute Gasteiger partial charge is 0.492 e. The Bertz CT molecular complexity index is 787. The first-order chi connectivity index (χ1) is 13.8. The van der Waals surface area contributed by atoms with Crippen LogP contribution in [0.2, 0.25) is 5.02 Å². The number of hydrogen-bond acceptors (Lipinski definition) is 3. The Balaban J connectivity index is 1.50. The van der Waals surface area contributed by atoms with E-state index in [9.17, 15) is 18.3 Å². The molecule has 0 atom stereocenters. The molecule has 0 radical (unpaired) electrons. The summed E-state index contributed by atoms with van der Waals surface area (Å²) in [5.41, 5.74) is 0.221. The van der Waals surface area contributed by atoms with Crippen LogP contribution in [0, 0.1) is 5.41 Å². The van der Waals surface area contributed by atoms with Gasteiger partial charge in [-0.1, -0.05) is 35.9 Å². The summed E-state index contributed by atoms with van der Waals surface area (Å²) >= 11 is 5.94. The first-order valence-electron chi connectivity index (χ1n) is 9.68. The predicted octanol–water partition coefficient (Wildman–Crippen LogP) is 5.05. The monoisotopic (exact) mass is 427 g/mol. The number of hydrogen-bond donors (Lipinski definition) is 1. The summed E-state index contributed by atoms with van der Waals surface area (Å²) in [6, 6.07) is 13.0. The van der Waals surface area contributed by atoms with Gasteiger partial charge >= 0.3 is 6.18 Å². The first kappa shape index (κ1) is 21.9. The molecule has 0 aliphatic carbocycles. The molecule has 1 fully saturated rings. The fourth-order valence-electron chi connectivity index (χ4n) is 3.79. The van der Waals surface area contributed by atoms with E-state index in [1.165, 1.54) is 18.2 Å². The molecule has 0 bridgehead atoms. The van der Waals surface area contributed by atoms with Gasteiger partial charge in [-0.15, -0.1) is 0 Å². The Kier molecular flexibility index (Phi) is 7.09. The van der Waals surface area contributed by atoms with Crippen molar-refractivity contribution in [1.29, 1.82) is 0 Å². The van der Waals surface area contributed by atoms with Gasteiger partial charge < -0.3 is 9.84 Å². The lowest BCUT2D eigenvalue weighted by Crippen LogP contribution is -2.44. The molecular formula is C22H25ClF3NO2. The number of benzene rings is 2. The number of piperidine rings is 1. The lowest BCUT2D eigenvalue weighted by molar-refractivity contribution is -0.139. The van der Waals surface area contributed by atoms with Crippen molar-refractivity contribution in [3.8, 4) is 5.75 Å². The summed E-state index contributed by atoms with van der Waals surface area (Å²) in [4.78, 5) is 2.17. The maximum atomic E-state index is 13.0. The summed E-state index contributed by atoms with van der Waals surface area (Å²) in [5.74, 6) is -0.135. The summed E-state index contributed by atoms with van der Waals surface area (Å²) < 4.78 is 44.5. The SMILES string of the molecule is OCC1(Cc2ccc(Cl)cc2)CCN(CCOc2ccccc2C(F)(F)F)CC1. The van der Waals surface area contributed by atoms with Gasteiger partial charge in [0.15, 0.2) is 0 Å².